The molecule has 2 aromatic rings. The molecule has 1 fully saturated rings. The van der Waals surface area contributed by atoms with Crippen molar-refractivity contribution >= 4 is 6.03 Å². The van der Waals surface area contributed by atoms with E-state index in [1.54, 1.807) is 7.11 Å². The van der Waals surface area contributed by atoms with Crippen molar-refractivity contribution in [3.63, 3.8) is 0 Å². The van der Waals surface area contributed by atoms with Crippen LogP contribution in [0.15, 0.2) is 54.6 Å². The standard InChI is InChI=1S/C22H29N3O2/c1-27-21-11-9-20(10-12-21)18-24-14-16-25(17-15-24)22(26)23-13-5-8-19-6-3-2-4-7-19/h2-4,6-7,9-12H,5,8,13-18H2,1H3,(H,23,26). The predicted molar refractivity (Wildman–Crippen MR) is 108 cm³/mol. The molecule has 1 aliphatic rings. The highest BCUT2D eigenvalue weighted by atomic mass is 16.5. The third-order valence-electron chi connectivity index (χ3n) is 4.99. The maximum atomic E-state index is 12.3. The van der Waals surface area contributed by atoms with E-state index in [0.29, 0.717) is 0 Å². The molecule has 1 aliphatic heterocycles. The molecule has 0 unspecified atom stereocenters. The van der Waals surface area contributed by atoms with Gasteiger partial charge in [0.1, 0.15) is 5.75 Å². The molecule has 27 heavy (non-hydrogen) atoms. The first kappa shape index (κ1) is 19.2. The SMILES string of the molecule is COc1ccc(CN2CCN(C(=O)NCCCc3ccccc3)CC2)cc1. The van der Waals surface area contributed by atoms with Gasteiger partial charge in [-0.25, -0.2) is 4.79 Å². The van der Waals surface area contributed by atoms with Gasteiger partial charge in [0.2, 0.25) is 0 Å². The number of carbonyl (C=O) groups is 1. The van der Waals surface area contributed by atoms with E-state index >= 15 is 0 Å². The molecule has 1 heterocycles. The average Bonchev–Trinajstić information content (AvgIpc) is 2.73. The molecule has 2 amide bonds. The number of carbonyl (C=O) groups excluding carboxylic acids is 1. The second-order valence-corrected chi connectivity index (χ2v) is 6.93. The summed E-state index contributed by atoms with van der Waals surface area (Å²) < 4.78 is 5.20. The van der Waals surface area contributed by atoms with Crippen LogP contribution in [0.2, 0.25) is 0 Å². The molecule has 1 N–H and O–H groups in total. The van der Waals surface area contributed by atoms with E-state index in [2.05, 4.69) is 46.6 Å². The zero-order chi connectivity index (χ0) is 18.9. The van der Waals surface area contributed by atoms with Gasteiger partial charge in [-0.3, -0.25) is 4.90 Å². The van der Waals surface area contributed by atoms with Crippen LogP contribution in [-0.4, -0.2) is 55.7 Å². The first-order valence-corrected chi connectivity index (χ1v) is 9.66. The molecule has 0 aromatic heterocycles. The first-order chi connectivity index (χ1) is 13.2. The number of hydrogen-bond donors (Lipinski definition) is 1. The van der Waals surface area contributed by atoms with Crippen LogP contribution in [0.1, 0.15) is 17.5 Å². The lowest BCUT2D eigenvalue weighted by Gasteiger charge is -2.34. The fourth-order valence-electron chi connectivity index (χ4n) is 3.34. The summed E-state index contributed by atoms with van der Waals surface area (Å²) in [5, 5.41) is 3.05. The van der Waals surface area contributed by atoms with E-state index < -0.39 is 0 Å². The van der Waals surface area contributed by atoms with Gasteiger partial charge < -0.3 is 15.0 Å². The number of ether oxygens (including phenoxy) is 1. The summed E-state index contributed by atoms with van der Waals surface area (Å²) in [7, 11) is 1.68. The van der Waals surface area contributed by atoms with Crippen molar-refractivity contribution in [2.45, 2.75) is 19.4 Å². The molecule has 5 heteroatoms. The summed E-state index contributed by atoms with van der Waals surface area (Å²) in [6.07, 6.45) is 1.96. The van der Waals surface area contributed by atoms with Crippen LogP contribution in [0.3, 0.4) is 0 Å². The third kappa shape index (κ3) is 6.00. The van der Waals surface area contributed by atoms with E-state index in [4.69, 9.17) is 4.74 Å². The van der Waals surface area contributed by atoms with Gasteiger partial charge in [-0.2, -0.15) is 0 Å². The number of benzene rings is 2. The molecule has 0 spiro atoms. The molecule has 1 saturated heterocycles. The van der Waals surface area contributed by atoms with E-state index in [1.165, 1.54) is 11.1 Å². The van der Waals surface area contributed by atoms with Crippen LogP contribution < -0.4 is 10.1 Å². The Morgan fingerprint density at radius 2 is 1.67 bits per heavy atom. The highest BCUT2D eigenvalue weighted by Crippen LogP contribution is 2.14. The molecule has 0 saturated carbocycles. The lowest BCUT2D eigenvalue weighted by Crippen LogP contribution is -2.51. The number of aryl methyl sites for hydroxylation is 1. The zero-order valence-corrected chi connectivity index (χ0v) is 16.1. The summed E-state index contributed by atoms with van der Waals surface area (Å²) in [5.74, 6) is 0.882. The van der Waals surface area contributed by atoms with Crippen molar-refractivity contribution in [3.8, 4) is 5.75 Å². The number of piperazine rings is 1. The third-order valence-corrected chi connectivity index (χ3v) is 4.99. The quantitative estimate of drug-likeness (QED) is 0.765. The Labute approximate surface area is 161 Å². The number of nitrogens with one attached hydrogen (secondary N) is 1. The van der Waals surface area contributed by atoms with Crippen LogP contribution in [0.25, 0.3) is 0 Å². The van der Waals surface area contributed by atoms with Crippen LogP contribution in [-0.2, 0) is 13.0 Å². The van der Waals surface area contributed by atoms with Gasteiger partial charge in [0.05, 0.1) is 7.11 Å². The minimum Gasteiger partial charge on any atom is -0.497 e. The fourth-order valence-corrected chi connectivity index (χ4v) is 3.34. The second kappa shape index (κ2) is 9.97. The normalized spacial score (nSPS) is 14.8. The lowest BCUT2D eigenvalue weighted by molar-refractivity contribution is 0.135. The van der Waals surface area contributed by atoms with Crippen molar-refractivity contribution < 1.29 is 9.53 Å². The van der Waals surface area contributed by atoms with Gasteiger partial charge in [-0.1, -0.05) is 42.5 Å². The lowest BCUT2D eigenvalue weighted by atomic mass is 10.1. The van der Waals surface area contributed by atoms with Gasteiger partial charge in [-0.15, -0.1) is 0 Å². The molecule has 0 bridgehead atoms. The van der Waals surface area contributed by atoms with Crippen LogP contribution >= 0.6 is 0 Å². The van der Waals surface area contributed by atoms with Crippen molar-refractivity contribution in [3.05, 3.63) is 65.7 Å². The fraction of sp³-hybridized carbons (Fsp3) is 0.409. The monoisotopic (exact) mass is 367 g/mol. The van der Waals surface area contributed by atoms with E-state index in [9.17, 15) is 4.79 Å². The van der Waals surface area contributed by atoms with E-state index in [-0.39, 0.29) is 6.03 Å². The van der Waals surface area contributed by atoms with Gasteiger partial charge in [0.25, 0.3) is 0 Å². The summed E-state index contributed by atoms with van der Waals surface area (Å²) in [6, 6.07) is 18.6. The van der Waals surface area contributed by atoms with Gasteiger partial charge in [0, 0.05) is 39.3 Å². The van der Waals surface area contributed by atoms with Crippen molar-refractivity contribution in [1.82, 2.24) is 15.1 Å². The number of hydrogen-bond acceptors (Lipinski definition) is 3. The summed E-state index contributed by atoms with van der Waals surface area (Å²) in [5.41, 5.74) is 2.59. The largest absolute Gasteiger partial charge is 0.497 e. The van der Waals surface area contributed by atoms with Crippen LogP contribution in [0.5, 0.6) is 5.75 Å². The number of urea groups is 1. The Hall–Kier alpha value is -2.53. The molecule has 0 aliphatic carbocycles. The van der Waals surface area contributed by atoms with Crippen LogP contribution in [0, 0.1) is 0 Å². The summed E-state index contributed by atoms with van der Waals surface area (Å²) in [6.45, 7) is 5.00. The molecule has 3 rings (SSSR count). The number of amides is 2. The highest BCUT2D eigenvalue weighted by molar-refractivity contribution is 5.74. The van der Waals surface area contributed by atoms with E-state index in [0.717, 1.165) is 57.9 Å². The smallest absolute Gasteiger partial charge is 0.317 e. The topological polar surface area (TPSA) is 44.8 Å². The Bertz CT molecular complexity index is 695. The van der Waals surface area contributed by atoms with Crippen LogP contribution in [0.4, 0.5) is 4.79 Å². The van der Waals surface area contributed by atoms with Gasteiger partial charge in [-0.05, 0) is 36.1 Å². The molecular formula is C22H29N3O2. The van der Waals surface area contributed by atoms with Crippen molar-refractivity contribution in [2.24, 2.45) is 0 Å². The minimum atomic E-state index is 0.0622. The minimum absolute atomic E-state index is 0.0622. The van der Waals surface area contributed by atoms with Gasteiger partial charge >= 0.3 is 6.03 Å². The maximum Gasteiger partial charge on any atom is 0.317 e. The maximum absolute atomic E-state index is 12.3. The molecule has 5 nitrogen and oxygen atoms in total. The Balaban J connectivity index is 1.33. The van der Waals surface area contributed by atoms with Gasteiger partial charge in [0.15, 0.2) is 0 Å². The summed E-state index contributed by atoms with van der Waals surface area (Å²) >= 11 is 0. The van der Waals surface area contributed by atoms with E-state index in [1.807, 2.05) is 23.1 Å². The predicted octanol–water partition coefficient (Wildman–Crippen LogP) is 3.16. The summed E-state index contributed by atoms with van der Waals surface area (Å²) in [4.78, 5) is 16.6. The molecule has 2 aromatic carbocycles. The molecule has 144 valence electrons. The average molecular weight is 367 g/mol. The number of rotatable bonds is 7. The first-order valence-electron chi connectivity index (χ1n) is 9.66. The van der Waals surface area contributed by atoms with Crippen molar-refractivity contribution in [1.29, 1.82) is 0 Å². The number of methoxy groups -OCH3 is 1. The Morgan fingerprint density at radius 1 is 0.963 bits per heavy atom. The Morgan fingerprint density at radius 3 is 2.33 bits per heavy atom. The molecule has 0 radical (unpaired) electrons. The second-order valence-electron chi connectivity index (χ2n) is 6.93. The molecular weight excluding hydrogens is 338 g/mol. The highest BCUT2D eigenvalue weighted by Gasteiger charge is 2.20. The zero-order valence-electron chi connectivity index (χ0n) is 16.1. The molecule has 0 atom stereocenters. The number of nitrogens with zero attached hydrogens (tertiary/aromatic N) is 2. The van der Waals surface area contributed by atoms with Crippen molar-refractivity contribution in [2.75, 3.05) is 39.8 Å². The Kier molecular flexibility index (Phi) is 7.11.